The first-order valence-corrected chi connectivity index (χ1v) is 8.25. The predicted octanol–water partition coefficient (Wildman–Crippen LogP) is 4.31. The molecule has 0 heterocycles. The lowest BCUT2D eigenvalue weighted by atomic mass is 9.93. The Kier molecular flexibility index (Phi) is 5.47. The Morgan fingerprint density at radius 3 is 2.05 bits per heavy atom. The van der Waals surface area contributed by atoms with E-state index in [2.05, 4.69) is 37.4 Å². The zero-order valence-electron chi connectivity index (χ0n) is 13.0. The van der Waals surface area contributed by atoms with Crippen LogP contribution < -0.4 is 5.32 Å². The van der Waals surface area contributed by atoms with Crippen molar-refractivity contribution in [3.8, 4) is 0 Å². The van der Waals surface area contributed by atoms with Gasteiger partial charge < -0.3 is 10.4 Å². The number of nitrogens with one attached hydrogen (secondary N) is 1. The van der Waals surface area contributed by atoms with Crippen LogP contribution in [0.5, 0.6) is 0 Å². The van der Waals surface area contributed by atoms with Gasteiger partial charge in [-0.15, -0.1) is 0 Å². The van der Waals surface area contributed by atoms with Crippen molar-refractivity contribution < 1.29 is 5.11 Å². The summed E-state index contributed by atoms with van der Waals surface area (Å²) < 4.78 is 0. The molecule has 0 saturated heterocycles. The highest BCUT2D eigenvalue weighted by molar-refractivity contribution is 5.58. The lowest BCUT2D eigenvalue weighted by Crippen LogP contribution is -2.36. The van der Waals surface area contributed by atoms with E-state index in [0.29, 0.717) is 6.54 Å². The number of hydrogen-bond acceptors (Lipinski definition) is 2. The van der Waals surface area contributed by atoms with Crippen molar-refractivity contribution in [2.45, 2.75) is 70.8 Å². The van der Waals surface area contributed by atoms with Gasteiger partial charge in [-0.3, -0.25) is 0 Å². The SMILES string of the molecule is CCc1cccc(CC)c1NCC1(O)CCCCCC1. The molecule has 1 aliphatic carbocycles. The van der Waals surface area contributed by atoms with Gasteiger partial charge in [0, 0.05) is 12.2 Å². The smallest absolute Gasteiger partial charge is 0.0819 e. The quantitative estimate of drug-likeness (QED) is 0.785. The molecule has 1 aromatic rings. The molecule has 1 fully saturated rings. The molecule has 0 aromatic heterocycles. The van der Waals surface area contributed by atoms with E-state index in [0.717, 1.165) is 38.5 Å². The van der Waals surface area contributed by atoms with Gasteiger partial charge in [-0.25, -0.2) is 0 Å². The van der Waals surface area contributed by atoms with E-state index in [4.69, 9.17) is 0 Å². The van der Waals surface area contributed by atoms with Gasteiger partial charge in [0.05, 0.1) is 5.60 Å². The fourth-order valence-corrected chi connectivity index (χ4v) is 3.29. The normalized spacial score (nSPS) is 18.6. The predicted molar refractivity (Wildman–Crippen MR) is 86.3 cm³/mol. The van der Waals surface area contributed by atoms with Crippen LogP contribution in [0.2, 0.25) is 0 Å². The maximum atomic E-state index is 10.8. The summed E-state index contributed by atoms with van der Waals surface area (Å²) >= 11 is 0. The molecule has 1 saturated carbocycles. The molecule has 2 heteroatoms. The third-order valence-corrected chi connectivity index (χ3v) is 4.63. The van der Waals surface area contributed by atoms with Crippen molar-refractivity contribution in [1.82, 2.24) is 0 Å². The minimum absolute atomic E-state index is 0.512. The maximum absolute atomic E-state index is 10.8. The van der Waals surface area contributed by atoms with E-state index in [9.17, 15) is 5.11 Å². The summed E-state index contributed by atoms with van der Waals surface area (Å²) in [4.78, 5) is 0. The first kappa shape index (κ1) is 15.4. The Morgan fingerprint density at radius 2 is 1.55 bits per heavy atom. The summed E-state index contributed by atoms with van der Waals surface area (Å²) in [7, 11) is 0. The first-order valence-electron chi connectivity index (χ1n) is 8.25. The monoisotopic (exact) mass is 275 g/mol. The molecule has 112 valence electrons. The number of aliphatic hydroxyl groups is 1. The molecule has 0 radical (unpaired) electrons. The number of aryl methyl sites for hydroxylation is 2. The lowest BCUT2D eigenvalue weighted by Gasteiger charge is -2.28. The van der Waals surface area contributed by atoms with Gasteiger partial charge in [-0.1, -0.05) is 57.7 Å². The summed E-state index contributed by atoms with van der Waals surface area (Å²) in [6.07, 6.45) is 8.82. The van der Waals surface area contributed by atoms with Crippen LogP contribution in [-0.2, 0) is 12.8 Å². The number of anilines is 1. The Balaban J connectivity index is 2.09. The number of hydrogen-bond donors (Lipinski definition) is 2. The van der Waals surface area contributed by atoms with Crippen LogP contribution in [0, 0.1) is 0 Å². The molecule has 20 heavy (non-hydrogen) atoms. The largest absolute Gasteiger partial charge is 0.388 e. The van der Waals surface area contributed by atoms with E-state index < -0.39 is 5.60 Å². The highest BCUT2D eigenvalue weighted by Crippen LogP contribution is 2.29. The number of rotatable bonds is 5. The van der Waals surface area contributed by atoms with Crippen LogP contribution in [0.4, 0.5) is 5.69 Å². The summed E-state index contributed by atoms with van der Waals surface area (Å²) in [5.41, 5.74) is 3.47. The first-order chi connectivity index (χ1) is 9.68. The average Bonchev–Trinajstić information content (AvgIpc) is 2.70. The van der Waals surface area contributed by atoms with Crippen LogP contribution in [0.3, 0.4) is 0 Å². The van der Waals surface area contributed by atoms with Crippen molar-refractivity contribution in [3.05, 3.63) is 29.3 Å². The highest BCUT2D eigenvalue weighted by Gasteiger charge is 2.28. The fourth-order valence-electron chi connectivity index (χ4n) is 3.29. The fraction of sp³-hybridized carbons (Fsp3) is 0.667. The van der Waals surface area contributed by atoms with Crippen molar-refractivity contribution >= 4 is 5.69 Å². The Labute approximate surface area is 123 Å². The Bertz CT molecular complexity index is 397. The molecule has 0 atom stereocenters. The van der Waals surface area contributed by atoms with Gasteiger partial charge in [0.15, 0.2) is 0 Å². The van der Waals surface area contributed by atoms with E-state index in [1.165, 1.54) is 29.7 Å². The molecule has 2 N–H and O–H groups in total. The minimum atomic E-state index is -0.512. The average molecular weight is 275 g/mol. The van der Waals surface area contributed by atoms with Crippen molar-refractivity contribution in [3.63, 3.8) is 0 Å². The summed E-state index contributed by atoms with van der Waals surface area (Å²) in [5, 5.41) is 14.3. The molecular weight excluding hydrogens is 246 g/mol. The lowest BCUT2D eigenvalue weighted by molar-refractivity contribution is 0.0381. The molecule has 1 aromatic carbocycles. The molecule has 0 amide bonds. The highest BCUT2D eigenvalue weighted by atomic mass is 16.3. The topological polar surface area (TPSA) is 32.3 Å². The molecule has 1 aliphatic rings. The van der Waals surface area contributed by atoms with Gasteiger partial charge in [0.1, 0.15) is 0 Å². The summed E-state index contributed by atoms with van der Waals surface area (Å²) in [6, 6.07) is 6.53. The third-order valence-electron chi connectivity index (χ3n) is 4.63. The van der Waals surface area contributed by atoms with Gasteiger partial charge >= 0.3 is 0 Å². The second kappa shape index (κ2) is 7.12. The second-order valence-corrected chi connectivity index (χ2v) is 6.15. The van der Waals surface area contributed by atoms with Crippen LogP contribution in [0.15, 0.2) is 18.2 Å². The maximum Gasteiger partial charge on any atom is 0.0819 e. The second-order valence-electron chi connectivity index (χ2n) is 6.15. The molecule has 0 spiro atoms. The number of para-hydroxylation sites is 1. The molecular formula is C18H29NO. The van der Waals surface area contributed by atoms with Crippen LogP contribution in [0.1, 0.15) is 63.5 Å². The zero-order chi connectivity index (χ0) is 14.4. The standard InChI is InChI=1S/C18H29NO/c1-3-15-10-9-11-16(4-2)17(15)19-14-18(20)12-7-5-6-8-13-18/h9-11,19-20H,3-8,12-14H2,1-2H3. The molecule has 0 aliphatic heterocycles. The molecule has 2 nitrogen and oxygen atoms in total. The van der Waals surface area contributed by atoms with E-state index in [1.807, 2.05) is 0 Å². The van der Waals surface area contributed by atoms with Crippen LogP contribution in [-0.4, -0.2) is 17.3 Å². The summed E-state index contributed by atoms with van der Waals surface area (Å²) in [5.74, 6) is 0. The third kappa shape index (κ3) is 3.76. The molecule has 2 rings (SSSR count). The summed E-state index contributed by atoms with van der Waals surface area (Å²) in [6.45, 7) is 5.08. The zero-order valence-corrected chi connectivity index (χ0v) is 13.0. The van der Waals surface area contributed by atoms with Gasteiger partial charge in [-0.05, 0) is 36.8 Å². The van der Waals surface area contributed by atoms with Crippen molar-refractivity contribution in [2.24, 2.45) is 0 Å². The molecule has 0 unspecified atom stereocenters. The van der Waals surface area contributed by atoms with Gasteiger partial charge in [0.25, 0.3) is 0 Å². The van der Waals surface area contributed by atoms with E-state index in [1.54, 1.807) is 0 Å². The van der Waals surface area contributed by atoms with Crippen molar-refractivity contribution in [2.75, 3.05) is 11.9 Å². The number of benzene rings is 1. The Hall–Kier alpha value is -1.02. The minimum Gasteiger partial charge on any atom is -0.388 e. The van der Waals surface area contributed by atoms with Crippen LogP contribution >= 0.6 is 0 Å². The van der Waals surface area contributed by atoms with Crippen LogP contribution in [0.25, 0.3) is 0 Å². The van der Waals surface area contributed by atoms with E-state index in [-0.39, 0.29) is 0 Å². The van der Waals surface area contributed by atoms with E-state index >= 15 is 0 Å². The Morgan fingerprint density at radius 1 is 1.00 bits per heavy atom. The molecule has 0 bridgehead atoms. The van der Waals surface area contributed by atoms with Gasteiger partial charge in [-0.2, -0.15) is 0 Å². The van der Waals surface area contributed by atoms with Gasteiger partial charge in [0.2, 0.25) is 0 Å². The van der Waals surface area contributed by atoms with Crippen molar-refractivity contribution in [1.29, 1.82) is 0 Å².